The molecule has 78 valence electrons. The van der Waals surface area contributed by atoms with Crippen LogP contribution in [0, 0.1) is 0 Å². The molecule has 1 atom stereocenters. The van der Waals surface area contributed by atoms with Crippen molar-refractivity contribution in [2.75, 3.05) is 6.54 Å². The van der Waals surface area contributed by atoms with E-state index in [9.17, 15) is 4.79 Å². The number of nitrogens with zero attached hydrogens (tertiary/aromatic N) is 1. The maximum atomic E-state index is 11.3. The van der Waals surface area contributed by atoms with Crippen LogP contribution in [0.3, 0.4) is 0 Å². The van der Waals surface area contributed by atoms with E-state index in [0.29, 0.717) is 6.54 Å². The molecule has 1 rings (SSSR count). The monoisotopic (exact) mass is 276 g/mol. The first-order chi connectivity index (χ1) is 6.74. The lowest BCUT2D eigenvalue weighted by atomic mass is 10.3. The molecule has 0 bridgehead atoms. The number of amides is 1. The zero-order valence-electron chi connectivity index (χ0n) is 8.00. The largest absolute Gasteiger partial charge is 0.355 e. The number of hydrogen-bond acceptors (Lipinski definition) is 3. The Balaban J connectivity index is 2.18. The van der Waals surface area contributed by atoms with Crippen LogP contribution in [-0.4, -0.2) is 22.3 Å². The number of halogens is 1. The first-order valence-electron chi connectivity index (χ1n) is 4.53. The van der Waals surface area contributed by atoms with Crippen molar-refractivity contribution in [1.82, 2.24) is 10.3 Å². The average molecular weight is 277 g/mol. The van der Waals surface area contributed by atoms with E-state index in [0.717, 1.165) is 18.5 Å². The fourth-order valence-corrected chi connectivity index (χ4v) is 1.73. The van der Waals surface area contributed by atoms with E-state index in [4.69, 9.17) is 0 Å². The predicted octanol–water partition coefficient (Wildman–Crippen LogP) is 1.98. The van der Waals surface area contributed by atoms with Crippen LogP contribution in [0.25, 0.3) is 0 Å². The molecule has 0 saturated heterocycles. The number of thiazole rings is 1. The second-order valence-corrected chi connectivity index (χ2v) is 4.72. The Kier molecular flexibility index (Phi) is 5.11. The van der Waals surface area contributed by atoms with Crippen molar-refractivity contribution in [2.45, 2.75) is 24.6 Å². The smallest absolute Gasteiger partial charge is 0.233 e. The lowest BCUT2D eigenvalue weighted by Gasteiger charge is -2.07. The number of nitrogens with one attached hydrogen (secondary N) is 1. The molecule has 0 aromatic carbocycles. The van der Waals surface area contributed by atoms with E-state index in [1.807, 2.05) is 12.3 Å². The summed E-state index contributed by atoms with van der Waals surface area (Å²) in [6, 6.07) is 0. The van der Waals surface area contributed by atoms with E-state index in [1.54, 1.807) is 16.8 Å². The van der Waals surface area contributed by atoms with Gasteiger partial charge in [0, 0.05) is 18.3 Å². The number of carbonyl (C=O) groups is 1. The molecule has 1 unspecified atom stereocenters. The van der Waals surface area contributed by atoms with E-state index >= 15 is 0 Å². The SMILES string of the molecule is CCC(Br)C(=O)NCCc1cscn1. The van der Waals surface area contributed by atoms with Gasteiger partial charge in [-0.25, -0.2) is 4.98 Å². The van der Waals surface area contributed by atoms with Crippen molar-refractivity contribution in [3.8, 4) is 0 Å². The minimum absolute atomic E-state index is 0.0581. The number of aromatic nitrogens is 1. The topological polar surface area (TPSA) is 42.0 Å². The normalized spacial score (nSPS) is 12.4. The van der Waals surface area contributed by atoms with Gasteiger partial charge < -0.3 is 5.32 Å². The van der Waals surface area contributed by atoms with E-state index < -0.39 is 0 Å². The third-order valence-electron chi connectivity index (χ3n) is 1.81. The van der Waals surface area contributed by atoms with Gasteiger partial charge in [0.15, 0.2) is 0 Å². The van der Waals surface area contributed by atoms with Gasteiger partial charge in [0.2, 0.25) is 5.91 Å². The second kappa shape index (κ2) is 6.14. The Morgan fingerprint density at radius 1 is 1.79 bits per heavy atom. The van der Waals surface area contributed by atoms with Crippen LogP contribution in [0.15, 0.2) is 10.9 Å². The molecule has 14 heavy (non-hydrogen) atoms. The van der Waals surface area contributed by atoms with E-state index in [-0.39, 0.29) is 10.7 Å². The van der Waals surface area contributed by atoms with Crippen molar-refractivity contribution in [2.24, 2.45) is 0 Å². The molecule has 0 radical (unpaired) electrons. The molecule has 0 aliphatic rings. The van der Waals surface area contributed by atoms with Gasteiger partial charge in [-0.2, -0.15) is 0 Å². The molecule has 1 heterocycles. The molecule has 0 fully saturated rings. The molecule has 1 aromatic rings. The number of rotatable bonds is 5. The zero-order valence-corrected chi connectivity index (χ0v) is 10.4. The fourth-order valence-electron chi connectivity index (χ4n) is 0.971. The number of hydrogen-bond donors (Lipinski definition) is 1. The second-order valence-electron chi connectivity index (χ2n) is 2.90. The Morgan fingerprint density at radius 3 is 3.14 bits per heavy atom. The Hall–Kier alpha value is -0.420. The maximum absolute atomic E-state index is 11.3. The quantitative estimate of drug-likeness (QED) is 0.836. The van der Waals surface area contributed by atoms with Gasteiger partial charge in [-0.15, -0.1) is 11.3 Å². The minimum atomic E-state index is -0.0714. The fraction of sp³-hybridized carbons (Fsp3) is 0.556. The summed E-state index contributed by atoms with van der Waals surface area (Å²) in [5, 5.41) is 4.85. The summed E-state index contributed by atoms with van der Waals surface area (Å²) in [5.74, 6) is 0.0581. The summed E-state index contributed by atoms with van der Waals surface area (Å²) >= 11 is 4.87. The van der Waals surface area contributed by atoms with Crippen molar-refractivity contribution >= 4 is 33.2 Å². The summed E-state index contributed by atoms with van der Waals surface area (Å²) in [4.78, 5) is 15.4. The van der Waals surface area contributed by atoms with Crippen LogP contribution < -0.4 is 5.32 Å². The standard InChI is InChI=1S/C9H13BrN2OS/c1-2-8(10)9(13)11-4-3-7-5-14-6-12-7/h5-6,8H,2-4H2,1H3,(H,11,13). The number of carbonyl (C=O) groups excluding carboxylic acids is 1. The van der Waals surface area contributed by atoms with Gasteiger partial charge in [-0.3, -0.25) is 4.79 Å². The van der Waals surface area contributed by atoms with Crippen LogP contribution in [0.5, 0.6) is 0 Å². The highest BCUT2D eigenvalue weighted by atomic mass is 79.9. The highest BCUT2D eigenvalue weighted by molar-refractivity contribution is 9.10. The van der Waals surface area contributed by atoms with Crippen molar-refractivity contribution in [3.63, 3.8) is 0 Å². The van der Waals surface area contributed by atoms with Gasteiger partial charge in [-0.05, 0) is 6.42 Å². The molecular formula is C9H13BrN2OS. The Bertz CT molecular complexity index is 276. The highest BCUT2D eigenvalue weighted by Gasteiger charge is 2.10. The zero-order chi connectivity index (χ0) is 10.4. The molecule has 0 aliphatic carbocycles. The van der Waals surface area contributed by atoms with Crippen LogP contribution in [0.1, 0.15) is 19.0 Å². The van der Waals surface area contributed by atoms with Crippen LogP contribution in [0.4, 0.5) is 0 Å². The summed E-state index contributed by atoms with van der Waals surface area (Å²) in [6.07, 6.45) is 1.61. The Morgan fingerprint density at radius 2 is 2.57 bits per heavy atom. The van der Waals surface area contributed by atoms with Crippen molar-refractivity contribution < 1.29 is 4.79 Å². The summed E-state index contributed by atoms with van der Waals surface area (Å²) < 4.78 is 0. The van der Waals surface area contributed by atoms with Gasteiger partial charge in [0.1, 0.15) is 0 Å². The van der Waals surface area contributed by atoms with Crippen LogP contribution in [0.2, 0.25) is 0 Å². The third kappa shape index (κ3) is 3.75. The first-order valence-corrected chi connectivity index (χ1v) is 6.38. The van der Waals surface area contributed by atoms with Crippen molar-refractivity contribution in [3.05, 3.63) is 16.6 Å². The summed E-state index contributed by atoms with van der Waals surface area (Å²) in [7, 11) is 0. The summed E-state index contributed by atoms with van der Waals surface area (Å²) in [5.41, 5.74) is 2.84. The lowest BCUT2D eigenvalue weighted by molar-refractivity contribution is -0.120. The van der Waals surface area contributed by atoms with Gasteiger partial charge >= 0.3 is 0 Å². The van der Waals surface area contributed by atoms with Gasteiger partial charge in [-0.1, -0.05) is 22.9 Å². The highest BCUT2D eigenvalue weighted by Crippen LogP contribution is 2.04. The molecule has 0 spiro atoms. The first kappa shape index (κ1) is 11.7. The van der Waals surface area contributed by atoms with Crippen LogP contribution in [-0.2, 0) is 11.2 Å². The molecule has 0 aliphatic heterocycles. The molecule has 5 heteroatoms. The predicted molar refractivity (Wildman–Crippen MR) is 61.8 cm³/mol. The minimum Gasteiger partial charge on any atom is -0.355 e. The third-order valence-corrected chi connectivity index (χ3v) is 3.51. The lowest BCUT2D eigenvalue weighted by Crippen LogP contribution is -2.32. The molecule has 0 saturated carbocycles. The average Bonchev–Trinajstić information content (AvgIpc) is 2.69. The molecular weight excluding hydrogens is 264 g/mol. The number of alkyl halides is 1. The van der Waals surface area contributed by atoms with Crippen molar-refractivity contribution in [1.29, 1.82) is 0 Å². The molecule has 1 N–H and O–H groups in total. The van der Waals surface area contributed by atoms with Gasteiger partial charge in [0.05, 0.1) is 16.0 Å². The molecule has 3 nitrogen and oxygen atoms in total. The maximum Gasteiger partial charge on any atom is 0.233 e. The molecule has 1 aromatic heterocycles. The van der Waals surface area contributed by atoms with E-state index in [2.05, 4.69) is 26.2 Å². The van der Waals surface area contributed by atoms with Gasteiger partial charge in [0.25, 0.3) is 0 Å². The summed E-state index contributed by atoms with van der Waals surface area (Å²) in [6.45, 7) is 2.63. The Labute approximate surface area is 96.1 Å². The molecule has 1 amide bonds. The van der Waals surface area contributed by atoms with Crippen LogP contribution >= 0.6 is 27.3 Å². The van der Waals surface area contributed by atoms with E-state index in [1.165, 1.54) is 0 Å².